The monoisotopic (exact) mass is 440 g/mol. The molecule has 3 aromatic rings. The largest absolute Gasteiger partial charge is 0.494 e. The second-order valence-electron chi connectivity index (χ2n) is 7.09. The van der Waals surface area contributed by atoms with E-state index < -0.39 is 10.0 Å². The number of ether oxygens (including phenoxy) is 1. The quantitative estimate of drug-likeness (QED) is 0.588. The molecule has 9 heteroatoms. The molecule has 0 bridgehead atoms. The van der Waals surface area contributed by atoms with Crippen molar-refractivity contribution >= 4 is 15.9 Å². The van der Waals surface area contributed by atoms with Crippen molar-refractivity contribution in [3.63, 3.8) is 0 Å². The second-order valence-corrected chi connectivity index (χ2v) is 9.02. The topological polar surface area (TPSA) is 84.7 Å². The van der Waals surface area contributed by atoms with Crippen LogP contribution in [0.15, 0.2) is 72.0 Å². The summed E-state index contributed by atoms with van der Waals surface area (Å²) in [7, 11) is -3.63. The van der Waals surface area contributed by atoms with E-state index in [2.05, 4.69) is 4.98 Å². The minimum absolute atomic E-state index is 0.167. The molecular weight excluding hydrogens is 416 g/mol. The molecule has 31 heavy (non-hydrogen) atoms. The van der Waals surface area contributed by atoms with Gasteiger partial charge in [-0.15, -0.1) is 0 Å². The Morgan fingerprint density at radius 1 is 1.00 bits per heavy atom. The van der Waals surface area contributed by atoms with E-state index in [1.54, 1.807) is 46.3 Å². The van der Waals surface area contributed by atoms with Crippen LogP contribution in [-0.4, -0.2) is 65.9 Å². The van der Waals surface area contributed by atoms with Gasteiger partial charge in [-0.1, -0.05) is 18.2 Å². The van der Waals surface area contributed by atoms with Crippen molar-refractivity contribution in [2.24, 2.45) is 0 Å². The van der Waals surface area contributed by atoms with Crippen LogP contribution in [0.2, 0.25) is 0 Å². The Bertz CT molecular complexity index is 1140. The van der Waals surface area contributed by atoms with E-state index in [0.29, 0.717) is 31.1 Å². The third kappa shape index (κ3) is 4.33. The summed E-state index contributed by atoms with van der Waals surface area (Å²) in [6.07, 6.45) is 3.15. The summed E-state index contributed by atoms with van der Waals surface area (Å²) >= 11 is 0. The van der Waals surface area contributed by atoms with E-state index in [9.17, 15) is 13.2 Å². The van der Waals surface area contributed by atoms with Crippen molar-refractivity contribution < 1.29 is 17.9 Å². The number of carbonyl (C=O) groups excluding carboxylic acids is 1. The first-order valence-electron chi connectivity index (χ1n) is 10.1. The van der Waals surface area contributed by atoms with Gasteiger partial charge in [-0.3, -0.25) is 9.36 Å². The lowest BCUT2D eigenvalue weighted by atomic mass is 10.3. The first-order valence-corrected chi connectivity index (χ1v) is 11.5. The van der Waals surface area contributed by atoms with E-state index in [1.165, 1.54) is 4.31 Å². The number of hydrogen-bond donors (Lipinski definition) is 0. The van der Waals surface area contributed by atoms with Gasteiger partial charge in [0.05, 0.1) is 24.0 Å². The SMILES string of the molecule is CCOc1ccc(S(=O)(=O)N2CCN(C(=O)c3cncn3-c3ccccc3)CC2)cc1. The third-order valence-corrected chi connectivity index (χ3v) is 7.10. The summed E-state index contributed by atoms with van der Waals surface area (Å²) < 4.78 is 34.5. The molecular formula is C22H24N4O4S. The van der Waals surface area contributed by atoms with E-state index in [-0.39, 0.29) is 23.9 Å². The highest BCUT2D eigenvalue weighted by atomic mass is 32.2. The highest BCUT2D eigenvalue weighted by Gasteiger charge is 2.31. The van der Waals surface area contributed by atoms with Gasteiger partial charge in [-0.2, -0.15) is 4.31 Å². The van der Waals surface area contributed by atoms with Gasteiger partial charge in [-0.25, -0.2) is 13.4 Å². The lowest BCUT2D eigenvalue weighted by Crippen LogP contribution is -2.50. The molecule has 1 aliphatic rings. The Morgan fingerprint density at radius 2 is 1.68 bits per heavy atom. The van der Waals surface area contributed by atoms with Crippen LogP contribution in [0.3, 0.4) is 0 Å². The van der Waals surface area contributed by atoms with Crippen LogP contribution in [0.25, 0.3) is 5.69 Å². The molecule has 0 saturated carbocycles. The predicted octanol–water partition coefficient (Wildman–Crippen LogP) is 2.42. The fourth-order valence-corrected chi connectivity index (χ4v) is 4.99. The number of nitrogens with zero attached hydrogens (tertiary/aromatic N) is 4. The Hall–Kier alpha value is -3.17. The molecule has 8 nitrogen and oxygen atoms in total. The predicted molar refractivity (Wildman–Crippen MR) is 116 cm³/mol. The van der Waals surface area contributed by atoms with Crippen molar-refractivity contribution in [1.29, 1.82) is 0 Å². The van der Waals surface area contributed by atoms with Crippen LogP contribution < -0.4 is 4.74 Å². The molecule has 0 spiro atoms. The molecule has 0 aliphatic carbocycles. The summed E-state index contributed by atoms with van der Waals surface area (Å²) in [4.78, 5) is 19.1. The molecule has 0 N–H and O–H groups in total. The number of imidazole rings is 1. The fraction of sp³-hybridized carbons (Fsp3) is 0.273. The molecule has 4 rings (SSSR count). The zero-order valence-electron chi connectivity index (χ0n) is 17.2. The molecule has 1 fully saturated rings. The zero-order valence-corrected chi connectivity index (χ0v) is 18.0. The van der Waals surface area contributed by atoms with Crippen LogP contribution >= 0.6 is 0 Å². The average molecular weight is 441 g/mol. The summed E-state index contributed by atoms with van der Waals surface area (Å²) in [5.74, 6) is 0.464. The zero-order chi connectivity index (χ0) is 21.8. The lowest BCUT2D eigenvalue weighted by Gasteiger charge is -2.34. The Labute approximate surface area is 181 Å². The third-order valence-electron chi connectivity index (χ3n) is 5.19. The molecule has 162 valence electrons. The highest BCUT2D eigenvalue weighted by molar-refractivity contribution is 7.89. The van der Waals surface area contributed by atoms with Gasteiger partial charge >= 0.3 is 0 Å². The summed E-state index contributed by atoms with van der Waals surface area (Å²) in [6, 6.07) is 15.9. The number of para-hydroxylation sites is 1. The Kier molecular flexibility index (Phi) is 6.06. The van der Waals surface area contributed by atoms with Crippen LogP contribution in [0, 0.1) is 0 Å². The molecule has 1 aliphatic heterocycles. The molecule has 1 amide bonds. The lowest BCUT2D eigenvalue weighted by molar-refractivity contribution is 0.0690. The molecule has 2 aromatic carbocycles. The van der Waals surface area contributed by atoms with Crippen molar-refractivity contribution in [2.75, 3.05) is 32.8 Å². The average Bonchev–Trinajstić information content (AvgIpc) is 3.30. The minimum atomic E-state index is -3.63. The first-order chi connectivity index (χ1) is 15.0. The number of amides is 1. The number of rotatable bonds is 6. The van der Waals surface area contributed by atoms with Crippen molar-refractivity contribution in [1.82, 2.24) is 18.8 Å². The van der Waals surface area contributed by atoms with Crippen molar-refractivity contribution in [3.8, 4) is 11.4 Å². The van der Waals surface area contributed by atoms with Crippen molar-refractivity contribution in [2.45, 2.75) is 11.8 Å². The number of sulfonamides is 1. The molecule has 0 unspecified atom stereocenters. The van der Waals surface area contributed by atoms with E-state index in [4.69, 9.17) is 4.74 Å². The van der Waals surface area contributed by atoms with Crippen LogP contribution in [-0.2, 0) is 10.0 Å². The van der Waals surface area contributed by atoms with Gasteiger partial charge < -0.3 is 9.64 Å². The maximum Gasteiger partial charge on any atom is 0.272 e. The van der Waals surface area contributed by atoms with Gasteiger partial charge in [0, 0.05) is 31.9 Å². The van der Waals surface area contributed by atoms with E-state index >= 15 is 0 Å². The Balaban J connectivity index is 1.44. The van der Waals surface area contributed by atoms with Gasteiger partial charge in [0.1, 0.15) is 11.4 Å². The Morgan fingerprint density at radius 3 is 2.32 bits per heavy atom. The van der Waals surface area contributed by atoms with Crippen LogP contribution in [0.4, 0.5) is 0 Å². The van der Waals surface area contributed by atoms with Crippen molar-refractivity contribution in [3.05, 3.63) is 72.8 Å². The number of piperazine rings is 1. The van der Waals surface area contributed by atoms with Gasteiger partial charge in [0.2, 0.25) is 10.0 Å². The smallest absolute Gasteiger partial charge is 0.272 e. The first kappa shape index (κ1) is 21.1. The van der Waals surface area contributed by atoms with Gasteiger partial charge in [0.15, 0.2) is 0 Å². The number of benzene rings is 2. The maximum absolute atomic E-state index is 13.1. The summed E-state index contributed by atoms with van der Waals surface area (Å²) in [6.45, 7) is 3.50. The normalized spacial score (nSPS) is 15.1. The van der Waals surface area contributed by atoms with Gasteiger partial charge in [0.25, 0.3) is 5.91 Å². The maximum atomic E-state index is 13.1. The number of aromatic nitrogens is 2. The highest BCUT2D eigenvalue weighted by Crippen LogP contribution is 2.22. The number of hydrogen-bond acceptors (Lipinski definition) is 5. The standard InChI is InChI=1S/C22H24N4O4S/c1-2-30-19-8-10-20(11-9-19)31(28,29)25-14-12-24(13-15-25)22(27)21-16-23-17-26(21)18-6-4-3-5-7-18/h3-11,16-17H,2,12-15H2,1H3. The molecule has 1 aromatic heterocycles. The van der Waals surface area contributed by atoms with Gasteiger partial charge in [-0.05, 0) is 43.3 Å². The molecule has 0 radical (unpaired) electrons. The second kappa shape index (κ2) is 8.91. The summed E-state index contributed by atoms with van der Waals surface area (Å²) in [5.41, 5.74) is 1.30. The summed E-state index contributed by atoms with van der Waals surface area (Å²) in [5, 5.41) is 0. The fourth-order valence-electron chi connectivity index (χ4n) is 3.56. The van der Waals surface area contributed by atoms with Crippen LogP contribution in [0.1, 0.15) is 17.4 Å². The van der Waals surface area contributed by atoms with Crippen LogP contribution in [0.5, 0.6) is 5.75 Å². The van der Waals surface area contributed by atoms with E-state index in [0.717, 1.165) is 5.69 Å². The minimum Gasteiger partial charge on any atom is -0.494 e. The number of carbonyl (C=O) groups is 1. The molecule has 2 heterocycles. The van der Waals surface area contributed by atoms with E-state index in [1.807, 2.05) is 37.3 Å². The molecule has 0 atom stereocenters. The molecule has 1 saturated heterocycles.